The zero-order chi connectivity index (χ0) is 10.8. The molecule has 0 saturated heterocycles. The minimum atomic E-state index is -0.503. The molecule has 0 bridgehead atoms. The summed E-state index contributed by atoms with van der Waals surface area (Å²) in [4.78, 5) is 4.10. The Kier molecular flexibility index (Phi) is 2.56. The number of aliphatic hydroxyl groups excluding tert-OH is 1. The van der Waals surface area contributed by atoms with Gasteiger partial charge in [-0.3, -0.25) is 4.98 Å². The summed E-state index contributed by atoms with van der Waals surface area (Å²) in [5, 5.41) is 20.2. The van der Waals surface area contributed by atoms with Crippen LogP contribution in [0, 0.1) is 0 Å². The Labute approximate surface area is 88.0 Å². The molecule has 0 aliphatic rings. The molecule has 78 valence electrons. The molecule has 3 nitrogen and oxygen atoms in total. The van der Waals surface area contributed by atoms with Gasteiger partial charge in [-0.1, -0.05) is 19.1 Å². The summed E-state index contributed by atoms with van der Waals surface area (Å²) in [6, 6.07) is 6.97. The highest BCUT2D eigenvalue weighted by molar-refractivity contribution is 5.87. The number of hydrogen-bond acceptors (Lipinski definition) is 3. The van der Waals surface area contributed by atoms with Crippen LogP contribution in [0.4, 0.5) is 0 Å². The Balaban J connectivity index is 2.71. The van der Waals surface area contributed by atoms with Crippen LogP contribution in [0.1, 0.15) is 25.0 Å². The van der Waals surface area contributed by atoms with E-state index in [-0.39, 0.29) is 5.75 Å². The van der Waals surface area contributed by atoms with Gasteiger partial charge in [-0.25, -0.2) is 0 Å². The van der Waals surface area contributed by atoms with E-state index >= 15 is 0 Å². The first-order valence-corrected chi connectivity index (χ1v) is 4.98. The summed E-state index contributed by atoms with van der Waals surface area (Å²) in [6.07, 6.45) is 1.77. The highest BCUT2D eigenvalue weighted by atomic mass is 16.3. The fourth-order valence-corrected chi connectivity index (χ4v) is 1.69. The second-order valence-electron chi connectivity index (χ2n) is 3.50. The Hall–Kier alpha value is -1.61. The van der Waals surface area contributed by atoms with Gasteiger partial charge in [0, 0.05) is 11.6 Å². The molecule has 1 heterocycles. The molecule has 0 spiro atoms. The van der Waals surface area contributed by atoms with Crippen LogP contribution < -0.4 is 0 Å². The average molecular weight is 203 g/mol. The number of pyridine rings is 1. The van der Waals surface area contributed by atoms with Gasteiger partial charge < -0.3 is 10.2 Å². The van der Waals surface area contributed by atoms with Crippen LogP contribution >= 0.6 is 0 Å². The predicted molar refractivity (Wildman–Crippen MR) is 58.7 cm³/mol. The molecule has 2 rings (SSSR count). The summed E-state index contributed by atoms with van der Waals surface area (Å²) < 4.78 is 0. The van der Waals surface area contributed by atoms with Crippen molar-refractivity contribution in [2.24, 2.45) is 0 Å². The van der Waals surface area contributed by atoms with Crippen molar-refractivity contribution in [2.45, 2.75) is 19.4 Å². The largest absolute Gasteiger partial charge is 0.506 e. The number of benzene rings is 1. The molecule has 0 aliphatic carbocycles. The normalized spacial score (nSPS) is 12.9. The molecule has 1 aromatic heterocycles. The van der Waals surface area contributed by atoms with E-state index < -0.39 is 6.10 Å². The van der Waals surface area contributed by atoms with E-state index in [4.69, 9.17) is 0 Å². The van der Waals surface area contributed by atoms with Gasteiger partial charge >= 0.3 is 0 Å². The van der Waals surface area contributed by atoms with E-state index in [1.807, 2.05) is 13.0 Å². The zero-order valence-corrected chi connectivity index (χ0v) is 8.51. The number of rotatable bonds is 2. The zero-order valence-electron chi connectivity index (χ0n) is 8.51. The van der Waals surface area contributed by atoms with Gasteiger partial charge in [0.05, 0.1) is 6.10 Å². The van der Waals surface area contributed by atoms with E-state index in [2.05, 4.69) is 4.98 Å². The van der Waals surface area contributed by atoms with Crippen molar-refractivity contribution in [3.8, 4) is 5.75 Å². The molecule has 15 heavy (non-hydrogen) atoms. The SMILES string of the molecule is CCC(O)c1ccc(O)c2ncccc12. The number of phenols is 1. The molecule has 0 saturated carbocycles. The highest BCUT2D eigenvalue weighted by Gasteiger charge is 2.11. The highest BCUT2D eigenvalue weighted by Crippen LogP contribution is 2.30. The number of aliphatic hydroxyl groups is 1. The number of phenolic OH excluding ortho intramolecular Hbond substituents is 1. The van der Waals surface area contributed by atoms with Crippen LogP contribution in [0.2, 0.25) is 0 Å². The summed E-state index contributed by atoms with van der Waals surface area (Å²) in [5.74, 6) is 0.151. The quantitative estimate of drug-likeness (QED) is 0.787. The number of aromatic hydroxyl groups is 1. The smallest absolute Gasteiger partial charge is 0.141 e. The maximum atomic E-state index is 9.81. The first kappa shape index (κ1) is 9.93. The molecule has 1 atom stereocenters. The summed E-state index contributed by atoms with van der Waals surface area (Å²) in [6.45, 7) is 1.92. The van der Waals surface area contributed by atoms with Crippen LogP contribution in [0.3, 0.4) is 0 Å². The monoisotopic (exact) mass is 203 g/mol. The molecule has 2 aromatic rings. The maximum absolute atomic E-state index is 9.81. The number of fused-ring (bicyclic) bond motifs is 1. The molecule has 0 radical (unpaired) electrons. The van der Waals surface area contributed by atoms with Crippen LogP contribution in [-0.4, -0.2) is 15.2 Å². The van der Waals surface area contributed by atoms with Crippen molar-refractivity contribution in [1.29, 1.82) is 0 Å². The van der Waals surface area contributed by atoms with Gasteiger partial charge in [-0.2, -0.15) is 0 Å². The molecule has 3 heteroatoms. The number of nitrogens with zero attached hydrogens (tertiary/aromatic N) is 1. The van der Waals surface area contributed by atoms with E-state index in [1.165, 1.54) is 0 Å². The second kappa shape index (κ2) is 3.87. The van der Waals surface area contributed by atoms with Gasteiger partial charge in [-0.05, 0) is 24.1 Å². The van der Waals surface area contributed by atoms with Crippen molar-refractivity contribution >= 4 is 10.9 Å². The lowest BCUT2D eigenvalue weighted by atomic mass is 10.0. The van der Waals surface area contributed by atoms with Gasteiger partial charge in [0.1, 0.15) is 11.3 Å². The molecule has 1 unspecified atom stereocenters. The first-order valence-electron chi connectivity index (χ1n) is 4.98. The second-order valence-corrected chi connectivity index (χ2v) is 3.50. The molecule has 0 amide bonds. The Morgan fingerprint density at radius 2 is 2.13 bits per heavy atom. The standard InChI is InChI=1S/C12H13NO2/c1-2-10(14)8-5-6-11(15)12-9(8)4-3-7-13-12/h3-7,10,14-15H,2H2,1H3. The van der Waals surface area contributed by atoms with Crippen LogP contribution in [0.25, 0.3) is 10.9 Å². The summed E-state index contributed by atoms with van der Waals surface area (Å²) in [5.41, 5.74) is 1.36. The predicted octanol–water partition coefficient (Wildman–Crippen LogP) is 2.38. The van der Waals surface area contributed by atoms with Gasteiger partial charge in [0.15, 0.2) is 0 Å². The minimum Gasteiger partial charge on any atom is -0.506 e. The van der Waals surface area contributed by atoms with E-state index in [1.54, 1.807) is 24.4 Å². The summed E-state index contributed by atoms with van der Waals surface area (Å²) >= 11 is 0. The Morgan fingerprint density at radius 3 is 2.87 bits per heavy atom. The van der Waals surface area contributed by atoms with Crippen molar-refractivity contribution in [3.05, 3.63) is 36.0 Å². The van der Waals surface area contributed by atoms with Crippen LogP contribution in [0.15, 0.2) is 30.5 Å². The third-order valence-electron chi connectivity index (χ3n) is 2.53. The molecular weight excluding hydrogens is 190 g/mol. The van der Waals surface area contributed by atoms with E-state index in [9.17, 15) is 10.2 Å². The van der Waals surface area contributed by atoms with Crippen molar-refractivity contribution < 1.29 is 10.2 Å². The summed E-state index contributed by atoms with van der Waals surface area (Å²) in [7, 11) is 0. The van der Waals surface area contributed by atoms with Gasteiger partial charge in [-0.15, -0.1) is 0 Å². The molecular formula is C12H13NO2. The van der Waals surface area contributed by atoms with Gasteiger partial charge in [0.25, 0.3) is 0 Å². The lowest BCUT2D eigenvalue weighted by Crippen LogP contribution is -1.96. The topological polar surface area (TPSA) is 53.4 Å². The lowest BCUT2D eigenvalue weighted by molar-refractivity contribution is 0.175. The molecule has 2 N–H and O–H groups in total. The fraction of sp³-hybridized carbons (Fsp3) is 0.250. The van der Waals surface area contributed by atoms with Crippen LogP contribution in [0.5, 0.6) is 5.75 Å². The maximum Gasteiger partial charge on any atom is 0.141 e. The van der Waals surface area contributed by atoms with E-state index in [0.717, 1.165) is 10.9 Å². The third-order valence-corrected chi connectivity index (χ3v) is 2.53. The van der Waals surface area contributed by atoms with Crippen molar-refractivity contribution in [3.63, 3.8) is 0 Å². The van der Waals surface area contributed by atoms with E-state index in [0.29, 0.717) is 11.9 Å². The average Bonchev–Trinajstić information content (AvgIpc) is 2.29. The minimum absolute atomic E-state index is 0.151. The third kappa shape index (κ3) is 1.66. The molecule has 0 fully saturated rings. The first-order chi connectivity index (χ1) is 7.24. The van der Waals surface area contributed by atoms with Crippen molar-refractivity contribution in [2.75, 3.05) is 0 Å². The van der Waals surface area contributed by atoms with Crippen LogP contribution in [-0.2, 0) is 0 Å². The number of hydrogen-bond donors (Lipinski definition) is 2. The Morgan fingerprint density at radius 1 is 1.33 bits per heavy atom. The lowest BCUT2D eigenvalue weighted by Gasteiger charge is -2.11. The molecule has 0 aliphatic heterocycles. The molecule has 1 aromatic carbocycles. The number of aromatic nitrogens is 1. The van der Waals surface area contributed by atoms with Gasteiger partial charge in [0.2, 0.25) is 0 Å². The Bertz CT molecular complexity index is 482. The fourth-order valence-electron chi connectivity index (χ4n) is 1.69. The van der Waals surface area contributed by atoms with Crippen molar-refractivity contribution in [1.82, 2.24) is 4.98 Å².